The molecule has 0 N–H and O–H groups in total. The molecule has 0 radical (unpaired) electrons. The number of ketones is 1. The van der Waals surface area contributed by atoms with E-state index in [9.17, 15) is 9.18 Å². The number of carbonyl (C=O) groups excluding carboxylic acids is 1. The zero-order valence-corrected chi connectivity index (χ0v) is 9.77. The van der Waals surface area contributed by atoms with Gasteiger partial charge in [0.1, 0.15) is 11.5 Å². The van der Waals surface area contributed by atoms with Crippen LogP contribution < -0.4 is 0 Å². The molecule has 0 unspecified atom stereocenters. The number of aromatic nitrogens is 1. The summed E-state index contributed by atoms with van der Waals surface area (Å²) in [7, 11) is 0. The third-order valence-corrected chi connectivity index (χ3v) is 3.19. The molecule has 82 valence electrons. The molecule has 16 heavy (non-hydrogen) atoms. The van der Waals surface area contributed by atoms with Gasteiger partial charge in [-0.1, -0.05) is 12.1 Å². The van der Waals surface area contributed by atoms with Crippen LogP contribution in [0.1, 0.15) is 22.4 Å². The van der Waals surface area contributed by atoms with E-state index < -0.39 is 0 Å². The minimum absolute atomic E-state index is 0.0660. The summed E-state index contributed by atoms with van der Waals surface area (Å²) in [6, 6.07) is 6.09. The van der Waals surface area contributed by atoms with Crippen molar-refractivity contribution in [3.63, 3.8) is 0 Å². The van der Waals surface area contributed by atoms with E-state index in [-0.39, 0.29) is 11.6 Å². The highest BCUT2D eigenvalue weighted by Gasteiger charge is 2.14. The lowest BCUT2D eigenvalue weighted by molar-refractivity contribution is 0.101. The van der Waals surface area contributed by atoms with Crippen molar-refractivity contribution < 1.29 is 9.18 Å². The molecule has 1 heterocycles. The van der Waals surface area contributed by atoms with Crippen LogP contribution in [-0.4, -0.2) is 10.8 Å². The number of hydrogen-bond donors (Lipinski definition) is 0. The summed E-state index contributed by atoms with van der Waals surface area (Å²) < 4.78 is 12.8. The van der Waals surface area contributed by atoms with Crippen LogP contribution in [-0.2, 0) is 0 Å². The highest BCUT2D eigenvalue weighted by Crippen LogP contribution is 2.30. The predicted octanol–water partition coefficient (Wildman–Crippen LogP) is 3.46. The van der Waals surface area contributed by atoms with Gasteiger partial charge in [-0.15, -0.1) is 11.3 Å². The Labute approximate surface area is 96.8 Å². The average molecular weight is 235 g/mol. The first-order valence-electron chi connectivity index (χ1n) is 4.82. The maximum absolute atomic E-state index is 12.8. The minimum Gasteiger partial charge on any atom is -0.293 e. The van der Waals surface area contributed by atoms with E-state index in [0.29, 0.717) is 5.69 Å². The predicted molar refractivity (Wildman–Crippen MR) is 62.2 cm³/mol. The van der Waals surface area contributed by atoms with Crippen molar-refractivity contribution in [1.29, 1.82) is 0 Å². The fourth-order valence-corrected chi connectivity index (χ4v) is 2.43. The van der Waals surface area contributed by atoms with E-state index >= 15 is 0 Å². The molecule has 0 aliphatic heterocycles. The topological polar surface area (TPSA) is 30.0 Å². The third-order valence-electron chi connectivity index (χ3n) is 2.17. The van der Waals surface area contributed by atoms with E-state index in [0.717, 1.165) is 15.4 Å². The molecule has 1 aromatic carbocycles. The van der Waals surface area contributed by atoms with Crippen molar-refractivity contribution in [3.8, 4) is 10.4 Å². The molecule has 2 nitrogen and oxygen atoms in total. The molecule has 0 atom stereocenters. The second-order valence-electron chi connectivity index (χ2n) is 3.47. The first-order chi connectivity index (χ1) is 7.58. The number of halogens is 1. The average Bonchev–Trinajstić information content (AvgIpc) is 2.61. The number of carbonyl (C=O) groups is 1. The molecule has 4 heteroatoms. The van der Waals surface area contributed by atoms with Crippen LogP contribution in [0.5, 0.6) is 0 Å². The monoisotopic (exact) mass is 235 g/mol. The fraction of sp³-hybridized carbons (Fsp3) is 0.167. The normalized spacial score (nSPS) is 10.4. The van der Waals surface area contributed by atoms with Crippen LogP contribution in [0.15, 0.2) is 24.3 Å². The van der Waals surface area contributed by atoms with Crippen molar-refractivity contribution >= 4 is 17.1 Å². The van der Waals surface area contributed by atoms with Crippen LogP contribution in [0.3, 0.4) is 0 Å². The Morgan fingerprint density at radius 1 is 1.31 bits per heavy atom. The van der Waals surface area contributed by atoms with Gasteiger partial charge in [0.15, 0.2) is 5.78 Å². The third kappa shape index (κ3) is 2.02. The number of rotatable bonds is 2. The van der Waals surface area contributed by atoms with Crippen LogP contribution in [0, 0.1) is 12.7 Å². The van der Waals surface area contributed by atoms with Crippen molar-refractivity contribution in [3.05, 3.63) is 40.8 Å². The van der Waals surface area contributed by atoms with Gasteiger partial charge in [-0.2, -0.15) is 0 Å². The molecule has 0 bridgehead atoms. The standard InChI is InChI=1S/C12H10FNOS/c1-7(15)11-12(16-8(2)14-11)9-3-5-10(13)6-4-9/h3-6H,1-2H3. The lowest BCUT2D eigenvalue weighted by Crippen LogP contribution is -1.94. The van der Waals surface area contributed by atoms with Crippen molar-refractivity contribution in [2.24, 2.45) is 0 Å². The van der Waals surface area contributed by atoms with Gasteiger partial charge in [0.25, 0.3) is 0 Å². The van der Waals surface area contributed by atoms with Crippen molar-refractivity contribution in [2.45, 2.75) is 13.8 Å². The van der Waals surface area contributed by atoms with Gasteiger partial charge in [0.2, 0.25) is 0 Å². The lowest BCUT2D eigenvalue weighted by Gasteiger charge is -1.98. The van der Waals surface area contributed by atoms with Crippen LogP contribution in [0.2, 0.25) is 0 Å². The zero-order valence-electron chi connectivity index (χ0n) is 8.95. The summed E-state index contributed by atoms with van der Waals surface area (Å²) in [5.41, 5.74) is 1.30. The van der Waals surface area contributed by atoms with Gasteiger partial charge in [0, 0.05) is 6.92 Å². The summed E-state index contributed by atoms with van der Waals surface area (Å²) in [6.45, 7) is 3.34. The number of thiazole rings is 1. The van der Waals surface area contributed by atoms with Crippen LogP contribution in [0.4, 0.5) is 4.39 Å². The van der Waals surface area contributed by atoms with E-state index in [1.54, 1.807) is 12.1 Å². The first-order valence-corrected chi connectivity index (χ1v) is 5.64. The molecular weight excluding hydrogens is 225 g/mol. The number of aryl methyl sites for hydroxylation is 1. The van der Waals surface area contributed by atoms with Crippen LogP contribution >= 0.6 is 11.3 Å². The molecule has 0 saturated heterocycles. The lowest BCUT2D eigenvalue weighted by atomic mass is 10.1. The molecule has 2 rings (SSSR count). The Morgan fingerprint density at radius 3 is 2.50 bits per heavy atom. The van der Waals surface area contributed by atoms with E-state index in [4.69, 9.17) is 0 Å². The molecule has 0 aliphatic carbocycles. The highest BCUT2D eigenvalue weighted by molar-refractivity contribution is 7.15. The van der Waals surface area contributed by atoms with E-state index in [1.165, 1.54) is 30.4 Å². The maximum atomic E-state index is 12.8. The molecule has 0 saturated carbocycles. The highest BCUT2D eigenvalue weighted by atomic mass is 32.1. The second kappa shape index (κ2) is 4.14. The summed E-state index contributed by atoms with van der Waals surface area (Å²) in [5.74, 6) is -0.349. The maximum Gasteiger partial charge on any atom is 0.179 e. The summed E-state index contributed by atoms with van der Waals surface area (Å²) in [6.07, 6.45) is 0. The quantitative estimate of drug-likeness (QED) is 0.746. The molecular formula is C12H10FNOS. The van der Waals surface area contributed by atoms with Crippen molar-refractivity contribution in [2.75, 3.05) is 0 Å². The summed E-state index contributed by atoms with van der Waals surface area (Å²) in [5, 5.41) is 0.838. The number of nitrogens with zero attached hydrogens (tertiary/aromatic N) is 1. The van der Waals surface area contributed by atoms with Gasteiger partial charge in [0.05, 0.1) is 9.88 Å². The molecule has 1 aromatic heterocycles. The summed E-state index contributed by atoms with van der Waals surface area (Å²) in [4.78, 5) is 16.4. The molecule has 2 aromatic rings. The smallest absolute Gasteiger partial charge is 0.179 e. The Morgan fingerprint density at radius 2 is 1.94 bits per heavy atom. The van der Waals surface area contributed by atoms with Crippen LogP contribution in [0.25, 0.3) is 10.4 Å². The van der Waals surface area contributed by atoms with Gasteiger partial charge in [-0.05, 0) is 24.6 Å². The largest absolute Gasteiger partial charge is 0.293 e. The van der Waals surface area contributed by atoms with Crippen molar-refractivity contribution in [1.82, 2.24) is 4.98 Å². The number of Topliss-reactive ketones (excluding diaryl/α,β-unsaturated/α-hetero) is 1. The SMILES string of the molecule is CC(=O)c1nc(C)sc1-c1ccc(F)cc1. The van der Waals surface area contributed by atoms with E-state index in [2.05, 4.69) is 4.98 Å². The number of hydrogen-bond acceptors (Lipinski definition) is 3. The van der Waals surface area contributed by atoms with E-state index in [1.807, 2.05) is 6.92 Å². The van der Waals surface area contributed by atoms with Gasteiger partial charge in [-0.25, -0.2) is 9.37 Å². The molecule has 0 fully saturated rings. The Hall–Kier alpha value is -1.55. The molecule has 0 aliphatic rings. The Kier molecular flexibility index (Phi) is 2.83. The zero-order chi connectivity index (χ0) is 11.7. The number of benzene rings is 1. The fourth-order valence-electron chi connectivity index (χ4n) is 1.46. The Balaban J connectivity index is 2.55. The Bertz CT molecular complexity index is 530. The molecule has 0 spiro atoms. The van der Waals surface area contributed by atoms with Gasteiger partial charge < -0.3 is 0 Å². The summed E-state index contributed by atoms with van der Waals surface area (Å²) >= 11 is 1.45. The first kappa shape index (κ1) is 11.0. The van der Waals surface area contributed by atoms with Gasteiger partial charge in [-0.3, -0.25) is 4.79 Å². The minimum atomic E-state index is -0.283. The second-order valence-corrected chi connectivity index (χ2v) is 4.68. The van der Waals surface area contributed by atoms with Gasteiger partial charge >= 0.3 is 0 Å². The molecule has 0 amide bonds.